The average molecular weight is 251 g/mol. The van der Waals surface area contributed by atoms with Gasteiger partial charge in [-0.05, 0) is 25.8 Å². The summed E-state index contributed by atoms with van der Waals surface area (Å²) in [5.41, 5.74) is 1.24. The Labute approximate surface area is 106 Å². The molecule has 3 nitrogen and oxygen atoms in total. The number of thioether (sulfide) groups is 1. The average Bonchev–Trinajstić information content (AvgIpc) is 2.55. The van der Waals surface area contributed by atoms with Gasteiger partial charge >= 0.3 is 5.97 Å². The van der Waals surface area contributed by atoms with Gasteiger partial charge < -0.3 is 5.11 Å². The highest BCUT2D eigenvalue weighted by atomic mass is 32.2. The standard InChI is InChI=1S/C13H17NO2S/c1-13(2)11(12(15)16)14-10(17-13)8-9-6-4-3-5-7-9/h3-7,10-11,14H,8H2,1-2H3,(H,15,16). The van der Waals surface area contributed by atoms with E-state index in [0.29, 0.717) is 0 Å². The lowest BCUT2D eigenvalue weighted by Crippen LogP contribution is -2.44. The lowest BCUT2D eigenvalue weighted by molar-refractivity contribution is -0.139. The molecule has 2 atom stereocenters. The van der Waals surface area contributed by atoms with E-state index in [2.05, 4.69) is 17.4 Å². The number of hydrogen-bond acceptors (Lipinski definition) is 3. The van der Waals surface area contributed by atoms with Crippen LogP contribution in [0.2, 0.25) is 0 Å². The van der Waals surface area contributed by atoms with E-state index in [1.807, 2.05) is 32.0 Å². The normalized spacial score (nSPS) is 26.9. The van der Waals surface area contributed by atoms with Gasteiger partial charge in [-0.3, -0.25) is 10.1 Å². The van der Waals surface area contributed by atoms with Gasteiger partial charge in [0.05, 0.1) is 5.37 Å². The third-order valence-electron chi connectivity index (χ3n) is 3.00. The van der Waals surface area contributed by atoms with Crippen molar-refractivity contribution in [3.63, 3.8) is 0 Å². The zero-order valence-electron chi connectivity index (χ0n) is 10.0. The van der Waals surface area contributed by atoms with Gasteiger partial charge in [-0.15, -0.1) is 11.8 Å². The summed E-state index contributed by atoms with van der Waals surface area (Å²) >= 11 is 1.71. The van der Waals surface area contributed by atoms with Crippen molar-refractivity contribution in [1.82, 2.24) is 5.32 Å². The van der Waals surface area contributed by atoms with Crippen LogP contribution < -0.4 is 5.32 Å². The molecule has 1 aromatic rings. The maximum absolute atomic E-state index is 11.1. The van der Waals surface area contributed by atoms with Crippen LogP contribution >= 0.6 is 11.8 Å². The minimum Gasteiger partial charge on any atom is -0.480 e. The molecule has 0 radical (unpaired) electrons. The van der Waals surface area contributed by atoms with Crippen LogP contribution in [0.15, 0.2) is 30.3 Å². The number of hydrogen-bond donors (Lipinski definition) is 2. The van der Waals surface area contributed by atoms with Crippen molar-refractivity contribution < 1.29 is 9.90 Å². The fraction of sp³-hybridized carbons (Fsp3) is 0.462. The number of carboxylic acids is 1. The van der Waals surface area contributed by atoms with Crippen LogP contribution in [0, 0.1) is 0 Å². The van der Waals surface area contributed by atoms with Gasteiger partial charge in [-0.25, -0.2) is 0 Å². The lowest BCUT2D eigenvalue weighted by Gasteiger charge is -2.20. The monoisotopic (exact) mass is 251 g/mol. The Morgan fingerprint density at radius 3 is 2.59 bits per heavy atom. The molecule has 0 spiro atoms. The SMILES string of the molecule is CC1(C)SC(Cc2ccccc2)NC1C(=O)O. The first-order valence-corrected chi connectivity index (χ1v) is 6.57. The van der Waals surface area contributed by atoms with E-state index < -0.39 is 12.0 Å². The Morgan fingerprint density at radius 1 is 1.41 bits per heavy atom. The van der Waals surface area contributed by atoms with Crippen LogP contribution in [0.4, 0.5) is 0 Å². The largest absolute Gasteiger partial charge is 0.480 e. The molecular weight excluding hydrogens is 234 g/mol. The zero-order valence-corrected chi connectivity index (χ0v) is 10.8. The number of rotatable bonds is 3. The molecule has 0 aliphatic carbocycles. The number of carbonyl (C=O) groups is 1. The third-order valence-corrected chi connectivity index (χ3v) is 4.44. The highest BCUT2D eigenvalue weighted by molar-refractivity contribution is 8.01. The summed E-state index contributed by atoms with van der Waals surface area (Å²) in [6.45, 7) is 3.96. The second-order valence-electron chi connectivity index (χ2n) is 4.84. The van der Waals surface area contributed by atoms with Crippen molar-refractivity contribution in [3.05, 3.63) is 35.9 Å². The first kappa shape index (κ1) is 12.5. The summed E-state index contributed by atoms with van der Waals surface area (Å²) in [4.78, 5) is 11.1. The molecule has 0 saturated carbocycles. The maximum atomic E-state index is 11.1. The fourth-order valence-corrected chi connectivity index (χ4v) is 3.67. The molecule has 1 aliphatic rings. The third kappa shape index (κ3) is 2.82. The van der Waals surface area contributed by atoms with Crippen molar-refractivity contribution in [2.45, 2.75) is 36.4 Å². The maximum Gasteiger partial charge on any atom is 0.322 e. The highest BCUT2D eigenvalue weighted by Crippen LogP contribution is 2.38. The topological polar surface area (TPSA) is 49.3 Å². The van der Waals surface area contributed by atoms with Crippen molar-refractivity contribution in [2.24, 2.45) is 0 Å². The van der Waals surface area contributed by atoms with Crippen LogP contribution in [0.5, 0.6) is 0 Å². The molecular formula is C13H17NO2S. The van der Waals surface area contributed by atoms with Gasteiger partial charge in [0.15, 0.2) is 0 Å². The summed E-state index contributed by atoms with van der Waals surface area (Å²) in [5.74, 6) is -0.766. The van der Waals surface area contributed by atoms with Crippen LogP contribution in [-0.4, -0.2) is 27.2 Å². The fourth-order valence-electron chi connectivity index (χ4n) is 2.15. The molecule has 4 heteroatoms. The Bertz CT molecular complexity index is 405. The summed E-state index contributed by atoms with van der Waals surface area (Å²) in [6.07, 6.45) is 0.860. The Hall–Kier alpha value is -1.00. The van der Waals surface area contributed by atoms with Gasteiger partial charge in [0, 0.05) is 4.75 Å². The van der Waals surface area contributed by atoms with Crippen LogP contribution in [0.1, 0.15) is 19.4 Å². The van der Waals surface area contributed by atoms with Crippen molar-refractivity contribution in [1.29, 1.82) is 0 Å². The smallest absolute Gasteiger partial charge is 0.322 e. The molecule has 1 saturated heterocycles. The van der Waals surface area contributed by atoms with Crippen LogP contribution in [-0.2, 0) is 11.2 Å². The second kappa shape index (κ2) is 4.70. The van der Waals surface area contributed by atoms with Crippen molar-refractivity contribution >= 4 is 17.7 Å². The van der Waals surface area contributed by atoms with Gasteiger partial charge in [-0.1, -0.05) is 30.3 Å². The van der Waals surface area contributed by atoms with Gasteiger partial charge in [0.25, 0.3) is 0 Å². The summed E-state index contributed by atoms with van der Waals surface area (Å²) in [5, 5.41) is 12.5. The van der Waals surface area contributed by atoms with E-state index in [4.69, 9.17) is 5.11 Å². The Kier molecular flexibility index (Phi) is 3.45. The molecule has 17 heavy (non-hydrogen) atoms. The number of carboxylic acid groups (broad SMARTS) is 1. The molecule has 0 aromatic heterocycles. The molecule has 92 valence electrons. The molecule has 1 aliphatic heterocycles. The minimum atomic E-state index is -0.766. The Balaban J connectivity index is 2.04. The second-order valence-corrected chi connectivity index (χ2v) is 6.69. The molecule has 1 fully saturated rings. The van der Waals surface area contributed by atoms with E-state index in [1.165, 1.54) is 5.56 Å². The lowest BCUT2D eigenvalue weighted by atomic mass is 10.0. The predicted molar refractivity (Wildman–Crippen MR) is 70.2 cm³/mol. The molecule has 2 N–H and O–H groups in total. The van der Waals surface area contributed by atoms with Crippen molar-refractivity contribution in [3.8, 4) is 0 Å². The first-order valence-electron chi connectivity index (χ1n) is 5.69. The van der Waals surface area contributed by atoms with E-state index in [-0.39, 0.29) is 10.1 Å². The Morgan fingerprint density at radius 2 is 2.06 bits per heavy atom. The number of benzene rings is 1. The number of aliphatic carboxylic acids is 1. The minimum absolute atomic E-state index is 0.175. The summed E-state index contributed by atoms with van der Waals surface area (Å²) in [6, 6.07) is 9.68. The molecule has 0 amide bonds. The summed E-state index contributed by atoms with van der Waals surface area (Å²) in [7, 11) is 0. The predicted octanol–water partition coefficient (Wildman–Crippen LogP) is 2.12. The van der Waals surface area contributed by atoms with E-state index in [9.17, 15) is 4.79 Å². The molecule has 0 bridgehead atoms. The number of nitrogens with one attached hydrogen (secondary N) is 1. The molecule has 1 heterocycles. The summed E-state index contributed by atoms with van der Waals surface area (Å²) < 4.78 is -0.259. The van der Waals surface area contributed by atoms with Gasteiger partial charge in [-0.2, -0.15) is 0 Å². The molecule has 2 rings (SSSR count). The van der Waals surface area contributed by atoms with Crippen LogP contribution in [0.3, 0.4) is 0 Å². The van der Waals surface area contributed by atoms with Crippen molar-refractivity contribution in [2.75, 3.05) is 0 Å². The van der Waals surface area contributed by atoms with Gasteiger partial charge in [0.2, 0.25) is 0 Å². The highest BCUT2D eigenvalue weighted by Gasteiger charge is 2.44. The van der Waals surface area contributed by atoms with Gasteiger partial charge in [0.1, 0.15) is 6.04 Å². The zero-order chi connectivity index (χ0) is 12.5. The quantitative estimate of drug-likeness (QED) is 0.864. The molecule has 1 aromatic carbocycles. The first-order chi connectivity index (χ1) is 7.99. The van der Waals surface area contributed by atoms with E-state index in [0.717, 1.165) is 6.42 Å². The van der Waals surface area contributed by atoms with Crippen LogP contribution in [0.25, 0.3) is 0 Å². The van der Waals surface area contributed by atoms with E-state index >= 15 is 0 Å². The molecule has 2 unspecified atom stereocenters. The van der Waals surface area contributed by atoms with E-state index in [1.54, 1.807) is 11.8 Å².